The van der Waals surface area contributed by atoms with Crippen molar-refractivity contribution in [3.63, 3.8) is 0 Å². The molecule has 0 bridgehead atoms. The Kier molecular flexibility index (Phi) is 6.53. The number of hydrogen-bond donors (Lipinski definition) is 0. The minimum atomic E-state index is 1.11. The molecule has 0 amide bonds. The smallest absolute Gasteiger partial charge is 0.0620 e. The van der Waals surface area contributed by atoms with Crippen LogP contribution >= 0.6 is 0 Å². The molecule has 0 atom stereocenters. The summed E-state index contributed by atoms with van der Waals surface area (Å²) >= 11 is 0. The minimum Gasteiger partial charge on any atom is -0.310 e. The third-order valence-corrected chi connectivity index (χ3v) is 10.1. The first-order chi connectivity index (χ1) is 24.8. The van der Waals surface area contributed by atoms with E-state index in [1.54, 1.807) is 0 Å². The molecule has 10 aromatic rings. The monoisotopic (exact) mass is 636 g/mol. The van der Waals surface area contributed by atoms with Gasteiger partial charge in [0.2, 0.25) is 0 Å². The van der Waals surface area contributed by atoms with Crippen LogP contribution in [-0.2, 0) is 0 Å². The Morgan fingerprint density at radius 2 is 0.800 bits per heavy atom. The zero-order valence-corrected chi connectivity index (χ0v) is 27.4. The molecule has 2 aromatic heterocycles. The molecule has 0 saturated heterocycles. The molecular formula is C48H32N2. The lowest BCUT2D eigenvalue weighted by Crippen LogP contribution is -2.11. The van der Waals surface area contributed by atoms with Crippen molar-refractivity contribution in [2.24, 2.45) is 0 Å². The van der Waals surface area contributed by atoms with Gasteiger partial charge in [-0.3, -0.25) is 0 Å². The third-order valence-electron chi connectivity index (χ3n) is 10.1. The first-order valence-corrected chi connectivity index (χ1v) is 17.2. The lowest BCUT2D eigenvalue weighted by molar-refractivity contribution is 1.28. The molecule has 0 N–H and O–H groups in total. The fraction of sp³-hybridized carbons (Fsp3) is 0. The predicted molar refractivity (Wildman–Crippen MR) is 212 cm³/mol. The van der Waals surface area contributed by atoms with E-state index in [-0.39, 0.29) is 0 Å². The molecule has 0 spiro atoms. The molecule has 0 aliphatic rings. The molecule has 50 heavy (non-hydrogen) atoms. The number of aromatic nitrogens is 1. The van der Waals surface area contributed by atoms with Crippen molar-refractivity contribution in [2.45, 2.75) is 0 Å². The lowest BCUT2D eigenvalue weighted by atomic mass is 9.98. The number of nitrogens with zero attached hydrogens (tertiary/aromatic N) is 2. The van der Waals surface area contributed by atoms with Crippen molar-refractivity contribution in [3.8, 4) is 33.4 Å². The minimum absolute atomic E-state index is 1.11. The van der Waals surface area contributed by atoms with Gasteiger partial charge in [-0.25, -0.2) is 0 Å². The van der Waals surface area contributed by atoms with Gasteiger partial charge >= 0.3 is 0 Å². The van der Waals surface area contributed by atoms with E-state index in [0.717, 1.165) is 17.1 Å². The number of fused-ring (bicyclic) bond motifs is 6. The van der Waals surface area contributed by atoms with Gasteiger partial charge in [0, 0.05) is 38.5 Å². The molecule has 2 heteroatoms. The van der Waals surface area contributed by atoms with Gasteiger partial charge in [0.15, 0.2) is 0 Å². The second-order valence-electron chi connectivity index (χ2n) is 13.0. The van der Waals surface area contributed by atoms with Gasteiger partial charge in [0.1, 0.15) is 0 Å². The van der Waals surface area contributed by atoms with Crippen LogP contribution in [0.3, 0.4) is 0 Å². The molecule has 0 aliphatic carbocycles. The quantitative estimate of drug-likeness (QED) is 0.176. The number of rotatable bonds is 6. The van der Waals surface area contributed by atoms with Crippen LogP contribution < -0.4 is 4.90 Å². The van der Waals surface area contributed by atoms with Crippen molar-refractivity contribution in [3.05, 3.63) is 194 Å². The second kappa shape index (κ2) is 11.5. The summed E-state index contributed by atoms with van der Waals surface area (Å²) in [5.41, 5.74) is 14.3. The highest BCUT2D eigenvalue weighted by Crippen LogP contribution is 2.44. The molecule has 0 unspecified atom stereocenters. The highest BCUT2D eigenvalue weighted by atomic mass is 15.1. The Labute approximate surface area is 291 Å². The van der Waals surface area contributed by atoms with E-state index < -0.39 is 0 Å². The standard InChI is InChI=1S/C48H32N2/c1-3-12-33(13-4-1)35-22-27-38(28-23-35)49(39-29-24-36(25-30-39)34-14-5-2-6-15-34)45-20-9-7-16-40(45)37-26-31-47-44(32-37)43-19-11-18-42-41-17-8-10-21-46(41)50(47)48(42)43/h1-32H. The second-order valence-corrected chi connectivity index (χ2v) is 13.0. The molecule has 0 saturated carbocycles. The van der Waals surface area contributed by atoms with Crippen molar-refractivity contribution < 1.29 is 0 Å². The molecule has 2 nitrogen and oxygen atoms in total. The number of anilines is 3. The van der Waals surface area contributed by atoms with Gasteiger partial charge < -0.3 is 9.30 Å². The fourth-order valence-corrected chi connectivity index (χ4v) is 7.81. The molecule has 8 aromatic carbocycles. The maximum Gasteiger partial charge on any atom is 0.0620 e. The summed E-state index contributed by atoms with van der Waals surface area (Å²) < 4.78 is 2.44. The first kappa shape index (κ1) is 28.4. The van der Waals surface area contributed by atoms with Gasteiger partial charge in [-0.1, -0.05) is 146 Å². The van der Waals surface area contributed by atoms with E-state index >= 15 is 0 Å². The van der Waals surface area contributed by atoms with E-state index in [2.05, 4.69) is 203 Å². The molecule has 0 aliphatic heterocycles. The molecule has 10 rings (SSSR count). The summed E-state index contributed by atoms with van der Waals surface area (Å²) in [7, 11) is 0. The summed E-state index contributed by atoms with van der Waals surface area (Å²) in [6, 6.07) is 70.3. The van der Waals surface area contributed by atoms with Crippen LogP contribution in [0.2, 0.25) is 0 Å². The van der Waals surface area contributed by atoms with Crippen LogP contribution in [0.4, 0.5) is 17.1 Å². The lowest BCUT2D eigenvalue weighted by Gasteiger charge is -2.28. The predicted octanol–water partition coefficient (Wildman–Crippen LogP) is 13.3. The van der Waals surface area contributed by atoms with Gasteiger partial charge in [0.05, 0.1) is 22.2 Å². The van der Waals surface area contributed by atoms with E-state index in [1.807, 2.05) is 0 Å². The third kappa shape index (κ3) is 4.50. The van der Waals surface area contributed by atoms with E-state index in [0.29, 0.717) is 0 Å². The van der Waals surface area contributed by atoms with Crippen molar-refractivity contribution >= 4 is 55.2 Å². The summed E-state index contributed by atoms with van der Waals surface area (Å²) in [5.74, 6) is 0. The van der Waals surface area contributed by atoms with Crippen LogP contribution in [0.15, 0.2) is 194 Å². The Morgan fingerprint density at radius 1 is 0.320 bits per heavy atom. The molecular weight excluding hydrogens is 605 g/mol. The average molecular weight is 637 g/mol. The van der Waals surface area contributed by atoms with Crippen LogP contribution in [-0.4, -0.2) is 4.40 Å². The zero-order chi connectivity index (χ0) is 33.0. The Hall–Kier alpha value is -6.64. The van der Waals surface area contributed by atoms with Crippen LogP contribution in [0.25, 0.3) is 71.5 Å². The Balaban J connectivity index is 1.14. The van der Waals surface area contributed by atoms with Crippen molar-refractivity contribution in [2.75, 3.05) is 4.90 Å². The number of hydrogen-bond acceptors (Lipinski definition) is 1. The Bertz CT molecular complexity index is 2690. The zero-order valence-electron chi connectivity index (χ0n) is 27.4. The molecule has 0 fully saturated rings. The summed E-state index contributed by atoms with van der Waals surface area (Å²) in [6.07, 6.45) is 0. The van der Waals surface area contributed by atoms with Gasteiger partial charge in [-0.2, -0.15) is 0 Å². The maximum atomic E-state index is 2.44. The normalized spacial score (nSPS) is 11.6. The molecule has 0 radical (unpaired) electrons. The molecule has 2 heterocycles. The van der Waals surface area contributed by atoms with Crippen molar-refractivity contribution in [1.29, 1.82) is 0 Å². The summed E-state index contributed by atoms with van der Waals surface area (Å²) in [6.45, 7) is 0. The van der Waals surface area contributed by atoms with E-state index in [1.165, 1.54) is 71.5 Å². The summed E-state index contributed by atoms with van der Waals surface area (Å²) in [5, 5.41) is 5.17. The van der Waals surface area contributed by atoms with E-state index in [9.17, 15) is 0 Å². The fourth-order valence-electron chi connectivity index (χ4n) is 7.81. The van der Waals surface area contributed by atoms with E-state index in [4.69, 9.17) is 0 Å². The van der Waals surface area contributed by atoms with Crippen LogP contribution in [0, 0.1) is 0 Å². The first-order valence-electron chi connectivity index (χ1n) is 17.2. The van der Waals surface area contributed by atoms with Gasteiger partial charge in [-0.15, -0.1) is 0 Å². The van der Waals surface area contributed by atoms with Crippen LogP contribution in [0.1, 0.15) is 0 Å². The Morgan fingerprint density at radius 3 is 1.46 bits per heavy atom. The van der Waals surface area contributed by atoms with Gasteiger partial charge in [-0.05, 0) is 76.3 Å². The highest BCUT2D eigenvalue weighted by Gasteiger charge is 2.20. The maximum absolute atomic E-state index is 2.44. The average Bonchev–Trinajstić information content (AvgIpc) is 3.72. The topological polar surface area (TPSA) is 7.65 Å². The number of para-hydroxylation sites is 3. The largest absolute Gasteiger partial charge is 0.310 e. The van der Waals surface area contributed by atoms with Crippen molar-refractivity contribution in [1.82, 2.24) is 4.40 Å². The molecule has 234 valence electrons. The number of benzene rings is 8. The SMILES string of the molecule is c1ccc(-c2ccc(N(c3ccc(-c4ccccc4)cc3)c3ccccc3-c3ccc4c(c3)c3cccc5c6ccccc6n4c53)cc2)cc1. The van der Waals surface area contributed by atoms with Gasteiger partial charge in [0.25, 0.3) is 0 Å². The highest BCUT2D eigenvalue weighted by molar-refractivity contribution is 6.23. The summed E-state index contributed by atoms with van der Waals surface area (Å²) in [4.78, 5) is 2.39. The van der Waals surface area contributed by atoms with Crippen LogP contribution in [0.5, 0.6) is 0 Å².